The van der Waals surface area contributed by atoms with Gasteiger partial charge in [-0.15, -0.1) is 0 Å². The number of hydrogen-bond donors (Lipinski definition) is 2. The van der Waals surface area contributed by atoms with Crippen LogP contribution in [0.25, 0.3) is 0 Å². The van der Waals surface area contributed by atoms with Crippen molar-refractivity contribution in [2.45, 2.75) is 0 Å². The quantitative estimate of drug-likeness (QED) is 0.908. The van der Waals surface area contributed by atoms with Gasteiger partial charge in [-0.25, -0.2) is 4.79 Å². The van der Waals surface area contributed by atoms with E-state index in [4.69, 9.17) is 21.4 Å². The number of anilines is 1. The molecule has 0 unspecified atom stereocenters. The van der Waals surface area contributed by atoms with Gasteiger partial charge in [-0.2, -0.15) is 0 Å². The summed E-state index contributed by atoms with van der Waals surface area (Å²) in [7, 11) is 1.41. The van der Waals surface area contributed by atoms with E-state index < -0.39 is 11.9 Å². The molecule has 0 saturated heterocycles. The molecule has 0 radical (unpaired) electrons. The second-order valence-corrected chi connectivity index (χ2v) is 4.62. The Kier molecular flexibility index (Phi) is 4.45. The Bertz CT molecular complexity index is 683. The van der Waals surface area contributed by atoms with Gasteiger partial charge >= 0.3 is 5.97 Å². The van der Waals surface area contributed by atoms with Gasteiger partial charge in [0.1, 0.15) is 5.75 Å². The number of hydrogen-bond acceptors (Lipinski definition) is 3. The largest absolute Gasteiger partial charge is 0.496 e. The molecule has 5 nitrogen and oxygen atoms in total. The highest BCUT2D eigenvalue weighted by atomic mass is 35.5. The molecule has 2 aromatic carbocycles. The summed E-state index contributed by atoms with van der Waals surface area (Å²) in [5.74, 6) is -1.28. The number of nitrogens with one attached hydrogen (secondary N) is 1. The zero-order chi connectivity index (χ0) is 15.4. The lowest BCUT2D eigenvalue weighted by atomic mass is 10.1. The van der Waals surface area contributed by atoms with Crippen molar-refractivity contribution in [3.8, 4) is 5.75 Å². The molecule has 2 rings (SSSR count). The first-order valence-electron chi connectivity index (χ1n) is 5.99. The molecule has 1 amide bonds. The maximum Gasteiger partial charge on any atom is 0.335 e. The second-order valence-electron chi connectivity index (χ2n) is 4.18. The first kappa shape index (κ1) is 14.9. The molecule has 108 valence electrons. The third-order valence-electron chi connectivity index (χ3n) is 2.79. The van der Waals surface area contributed by atoms with Crippen molar-refractivity contribution in [2.75, 3.05) is 12.4 Å². The minimum atomic E-state index is -1.11. The summed E-state index contributed by atoms with van der Waals surface area (Å²) in [6.45, 7) is 0. The molecule has 0 aliphatic rings. The van der Waals surface area contributed by atoms with Crippen molar-refractivity contribution >= 4 is 29.2 Å². The number of carboxylic acid groups (broad SMARTS) is 1. The molecular weight excluding hydrogens is 294 g/mol. The molecule has 0 spiro atoms. The summed E-state index contributed by atoms with van der Waals surface area (Å²) in [4.78, 5) is 23.2. The van der Waals surface area contributed by atoms with Crippen LogP contribution in [0, 0.1) is 0 Å². The van der Waals surface area contributed by atoms with Gasteiger partial charge in [0.15, 0.2) is 0 Å². The Morgan fingerprint density at radius 2 is 1.81 bits per heavy atom. The number of aromatic carboxylic acids is 1. The zero-order valence-electron chi connectivity index (χ0n) is 11.1. The first-order valence-corrected chi connectivity index (χ1v) is 6.37. The van der Waals surface area contributed by atoms with Crippen LogP contribution in [-0.2, 0) is 0 Å². The van der Waals surface area contributed by atoms with Crippen LogP contribution in [0.1, 0.15) is 20.7 Å². The number of methoxy groups -OCH3 is 1. The van der Waals surface area contributed by atoms with Crippen molar-refractivity contribution in [1.29, 1.82) is 0 Å². The number of ether oxygens (including phenoxy) is 1. The number of amides is 1. The smallest absolute Gasteiger partial charge is 0.335 e. The van der Waals surface area contributed by atoms with Crippen LogP contribution in [-0.4, -0.2) is 24.1 Å². The van der Waals surface area contributed by atoms with Gasteiger partial charge in [0.05, 0.1) is 18.2 Å². The van der Waals surface area contributed by atoms with E-state index in [1.165, 1.54) is 25.3 Å². The van der Waals surface area contributed by atoms with E-state index in [-0.39, 0.29) is 11.1 Å². The maximum absolute atomic E-state index is 12.2. The predicted molar refractivity (Wildman–Crippen MR) is 79.4 cm³/mol. The minimum absolute atomic E-state index is 0.0112. The van der Waals surface area contributed by atoms with E-state index in [1.807, 2.05) is 0 Å². The van der Waals surface area contributed by atoms with E-state index in [0.29, 0.717) is 16.5 Å². The van der Waals surface area contributed by atoms with E-state index in [0.717, 1.165) is 0 Å². The Morgan fingerprint density at radius 1 is 1.14 bits per heavy atom. The average Bonchev–Trinajstić information content (AvgIpc) is 2.48. The topological polar surface area (TPSA) is 75.6 Å². The van der Waals surface area contributed by atoms with Gasteiger partial charge in [-0.05, 0) is 42.5 Å². The van der Waals surface area contributed by atoms with Crippen LogP contribution in [0.4, 0.5) is 5.69 Å². The molecule has 2 N–H and O–H groups in total. The lowest BCUT2D eigenvalue weighted by Crippen LogP contribution is -2.14. The van der Waals surface area contributed by atoms with Crippen molar-refractivity contribution < 1.29 is 19.4 Å². The average molecular weight is 306 g/mol. The van der Waals surface area contributed by atoms with Gasteiger partial charge in [0.25, 0.3) is 5.91 Å². The van der Waals surface area contributed by atoms with Crippen molar-refractivity contribution in [3.63, 3.8) is 0 Å². The van der Waals surface area contributed by atoms with Crippen molar-refractivity contribution in [2.24, 2.45) is 0 Å². The number of carboxylic acids is 1. The predicted octanol–water partition coefficient (Wildman–Crippen LogP) is 3.30. The van der Waals surface area contributed by atoms with E-state index in [2.05, 4.69) is 5.32 Å². The molecule has 0 aliphatic heterocycles. The lowest BCUT2D eigenvalue weighted by molar-refractivity contribution is 0.0697. The lowest BCUT2D eigenvalue weighted by Gasteiger charge is -2.10. The van der Waals surface area contributed by atoms with Gasteiger partial charge in [-0.3, -0.25) is 4.79 Å². The molecule has 0 saturated carbocycles. The number of carbonyl (C=O) groups excluding carboxylic acids is 1. The fraction of sp³-hybridized carbons (Fsp3) is 0.0667. The molecule has 0 aromatic heterocycles. The summed E-state index contributed by atoms with van der Waals surface area (Å²) in [6.07, 6.45) is 0. The molecule has 21 heavy (non-hydrogen) atoms. The van der Waals surface area contributed by atoms with Crippen LogP contribution in [0.15, 0.2) is 42.5 Å². The van der Waals surface area contributed by atoms with Gasteiger partial charge < -0.3 is 15.2 Å². The Balaban J connectivity index is 2.30. The standard InChI is InChI=1S/C15H12ClNO4/c1-21-13-7-2-9(15(19)20)8-12(13)14(18)17-11-5-3-10(16)4-6-11/h2-8H,1H3,(H,17,18)(H,19,20). The highest BCUT2D eigenvalue weighted by molar-refractivity contribution is 6.30. The van der Waals surface area contributed by atoms with E-state index >= 15 is 0 Å². The minimum Gasteiger partial charge on any atom is -0.496 e. The third kappa shape index (κ3) is 3.52. The van der Waals surface area contributed by atoms with Crippen LogP contribution in [0.2, 0.25) is 5.02 Å². The summed E-state index contributed by atoms with van der Waals surface area (Å²) >= 11 is 5.77. The molecule has 0 heterocycles. The fourth-order valence-electron chi connectivity index (χ4n) is 1.75. The highest BCUT2D eigenvalue weighted by Crippen LogP contribution is 2.22. The second kappa shape index (κ2) is 6.28. The zero-order valence-corrected chi connectivity index (χ0v) is 11.8. The number of halogens is 1. The summed E-state index contributed by atoms with van der Waals surface area (Å²) < 4.78 is 5.08. The monoisotopic (exact) mass is 305 g/mol. The van der Waals surface area contributed by atoms with Gasteiger partial charge in [0.2, 0.25) is 0 Å². The summed E-state index contributed by atoms with van der Waals surface area (Å²) in [5.41, 5.74) is 0.705. The number of benzene rings is 2. The highest BCUT2D eigenvalue weighted by Gasteiger charge is 2.15. The maximum atomic E-state index is 12.2. The Morgan fingerprint density at radius 3 is 2.38 bits per heavy atom. The molecule has 0 atom stereocenters. The van der Waals surface area contributed by atoms with E-state index in [9.17, 15) is 9.59 Å². The van der Waals surface area contributed by atoms with Crippen LogP contribution in [0.5, 0.6) is 5.75 Å². The van der Waals surface area contributed by atoms with Crippen LogP contribution < -0.4 is 10.1 Å². The molecule has 0 fully saturated rings. The Hall–Kier alpha value is -2.53. The van der Waals surface area contributed by atoms with Crippen molar-refractivity contribution in [3.05, 3.63) is 58.6 Å². The van der Waals surface area contributed by atoms with Crippen molar-refractivity contribution in [1.82, 2.24) is 0 Å². The molecular formula is C15H12ClNO4. The molecule has 2 aromatic rings. The third-order valence-corrected chi connectivity index (χ3v) is 3.05. The molecule has 6 heteroatoms. The molecule has 0 bridgehead atoms. The fourth-order valence-corrected chi connectivity index (χ4v) is 1.88. The first-order chi connectivity index (χ1) is 10.0. The van der Waals surface area contributed by atoms with Crippen LogP contribution >= 0.6 is 11.6 Å². The van der Waals surface area contributed by atoms with E-state index in [1.54, 1.807) is 24.3 Å². The van der Waals surface area contributed by atoms with Gasteiger partial charge in [0, 0.05) is 10.7 Å². The summed E-state index contributed by atoms with van der Waals surface area (Å²) in [5, 5.41) is 12.2. The van der Waals surface area contributed by atoms with Crippen LogP contribution in [0.3, 0.4) is 0 Å². The SMILES string of the molecule is COc1ccc(C(=O)O)cc1C(=O)Nc1ccc(Cl)cc1. The summed E-state index contributed by atoms with van der Waals surface area (Å²) in [6, 6.07) is 10.7. The number of carbonyl (C=O) groups is 2. The molecule has 0 aliphatic carbocycles. The Labute approximate surface area is 126 Å². The number of rotatable bonds is 4. The normalized spacial score (nSPS) is 10.0. The van der Waals surface area contributed by atoms with Gasteiger partial charge in [-0.1, -0.05) is 11.6 Å².